The predicted molar refractivity (Wildman–Crippen MR) is 139 cm³/mol. The molecule has 0 aliphatic heterocycles. The molecule has 5 rings (SSSR count). The van der Waals surface area contributed by atoms with Crippen molar-refractivity contribution in [1.82, 2.24) is 20.3 Å². The van der Waals surface area contributed by atoms with Crippen LogP contribution < -0.4 is 5.48 Å². The number of hydrogen-bond donors (Lipinski definition) is 4. The van der Waals surface area contributed by atoms with Gasteiger partial charge in [0.15, 0.2) is 0 Å². The highest BCUT2D eigenvalue weighted by atomic mass is 19.1. The van der Waals surface area contributed by atoms with E-state index in [1.54, 1.807) is 18.5 Å². The van der Waals surface area contributed by atoms with Gasteiger partial charge in [0.05, 0.1) is 0 Å². The average molecular weight is 505 g/mol. The SMILES string of the molecule is Cc1[nH]c(CN(CCc2c[nH]c3cc(F)ccc23)C2CCc3cc(/C=C/C(=O)NO)ccc32)c(C)c1F. The van der Waals surface area contributed by atoms with Crippen molar-refractivity contribution in [3.8, 4) is 0 Å². The first-order valence-corrected chi connectivity index (χ1v) is 12.4. The van der Waals surface area contributed by atoms with Gasteiger partial charge in [0.25, 0.3) is 5.91 Å². The molecule has 2 aromatic heterocycles. The Balaban J connectivity index is 1.42. The minimum Gasteiger partial charge on any atom is -0.361 e. The van der Waals surface area contributed by atoms with E-state index in [1.165, 1.54) is 29.3 Å². The molecule has 0 fully saturated rings. The molecule has 6 nitrogen and oxygen atoms in total. The highest BCUT2D eigenvalue weighted by molar-refractivity contribution is 5.90. The van der Waals surface area contributed by atoms with Crippen LogP contribution in [-0.4, -0.2) is 32.5 Å². The smallest absolute Gasteiger partial charge is 0.267 e. The standard InChI is InChI=1S/C29H30F2N4O2/c1-17-26(33-18(2)29(17)31)16-35(12-11-21-15-32-25-14-22(30)6-8-23(21)25)27-9-5-20-13-19(3-7-24(20)27)4-10-28(36)34-37/h3-4,6-8,10,13-15,27,32-33,37H,5,9,11-12,16H2,1-2H3,(H,34,36)/b10-4+. The van der Waals surface area contributed by atoms with E-state index < -0.39 is 5.91 Å². The van der Waals surface area contributed by atoms with Crippen molar-refractivity contribution < 1.29 is 18.8 Å². The van der Waals surface area contributed by atoms with Crippen LogP contribution in [0.2, 0.25) is 0 Å². The highest BCUT2D eigenvalue weighted by Gasteiger charge is 2.29. The molecule has 2 aromatic carbocycles. The second-order valence-electron chi connectivity index (χ2n) is 9.71. The van der Waals surface area contributed by atoms with Crippen molar-refractivity contribution in [2.75, 3.05) is 6.54 Å². The van der Waals surface area contributed by atoms with Crippen molar-refractivity contribution in [3.05, 3.63) is 99.5 Å². The Morgan fingerprint density at radius 1 is 1.22 bits per heavy atom. The minimum atomic E-state index is -0.576. The quantitative estimate of drug-likeness (QED) is 0.142. The van der Waals surface area contributed by atoms with E-state index >= 15 is 0 Å². The highest BCUT2D eigenvalue weighted by Crippen LogP contribution is 2.38. The van der Waals surface area contributed by atoms with Crippen LogP contribution in [0.3, 0.4) is 0 Å². The lowest BCUT2D eigenvalue weighted by Gasteiger charge is -2.30. The number of aryl methyl sites for hydroxylation is 2. The monoisotopic (exact) mass is 504 g/mol. The number of aromatic nitrogens is 2. The maximum absolute atomic E-state index is 14.5. The van der Waals surface area contributed by atoms with Gasteiger partial charge in [0, 0.05) is 59.3 Å². The first kappa shape index (κ1) is 24.9. The Morgan fingerprint density at radius 2 is 2.05 bits per heavy atom. The fraction of sp³-hybridized carbons (Fsp3) is 0.276. The van der Waals surface area contributed by atoms with Gasteiger partial charge in [-0.05, 0) is 79.6 Å². The molecular formula is C29H30F2N4O2. The van der Waals surface area contributed by atoms with Crippen LogP contribution in [0, 0.1) is 25.5 Å². The summed E-state index contributed by atoms with van der Waals surface area (Å²) < 4.78 is 28.2. The van der Waals surface area contributed by atoms with E-state index in [2.05, 4.69) is 27.0 Å². The van der Waals surface area contributed by atoms with E-state index in [1.807, 2.05) is 25.3 Å². The van der Waals surface area contributed by atoms with E-state index in [9.17, 15) is 13.6 Å². The third-order valence-electron chi connectivity index (χ3n) is 7.40. The third kappa shape index (κ3) is 5.08. The maximum atomic E-state index is 14.5. The van der Waals surface area contributed by atoms with Gasteiger partial charge in [-0.1, -0.05) is 18.2 Å². The summed E-state index contributed by atoms with van der Waals surface area (Å²) in [4.78, 5) is 20.1. The van der Waals surface area contributed by atoms with Crippen LogP contribution in [0.15, 0.2) is 48.7 Å². The van der Waals surface area contributed by atoms with Gasteiger partial charge in [0.2, 0.25) is 0 Å². The van der Waals surface area contributed by atoms with Gasteiger partial charge >= 0.3 is 0 Å². The third-order valence-corrected chi connectivity index (χ3v) is 7.40. The number of nitrogens with zero attached hydrogens (tertiary/aromatic N) is 1. The number of carbonyl (C=O) groups is 1. The molecule has 0 saturated carbocycles. The number of hydrogen-bond acceptors (Lipinski definition) is 3. The van der Waals surface area contributed by atoms with Crippen molar-refractivity contribution in [3.63, 3.8) is 0 Å². The van der Waals surface area contributed by atoms with Crippen LogP contribution >= 0.6 is 0 Å². The zero-order valence-electron chi connectivity index (χ0n) is 20.9. The second kappa shape index (κ2) is 10.3. The number of fused-ring (bicyclic) bond motifs is 2. The summed E-state index contributed by atoms with van der Waals surface area (Å²) in [6, 6.07) is 11.1. The topological polar surface area (TPSA) is 84.2 Å². The predicted octanol–water partition coefficient (Wildman–Crippen LogP) is 5.64. The van der Waals surface area contributed by atoms with E-state index in [-0.39, 0.29) is 17.7 Å². The average Bonchev–Trinajstić information content (AvgIpc) is 3.57. The molecule has 192 valence electrons. The molecule has 1 aliphatic carbocycles. The molecule has 1 amide bonds. The number of rotatable bonds is 8. The summed E-state index contributed by atoms with van der Waals surface area (Å²) in [7, 11) is 0. The number of benzene rings is 2. The lowest BCUT2D eigenvalue weighted by atomic mass is 10.0. The van der Waals surface area contributed by atoms with Crippen molar-refractivity contribution in [2.24, 2.45) is 0 Å². The molecule has 1 atom stereocenters. The van der Waals surface area contributed by atoms with Crippen LogP contribution in [0.25, 0.3) is 17.0 Å². The summed E-state index contributed by atoms with van der Waals surface area (Å²) >= 11 is 0. The lowest BCUT2D eigenvalue weighted by Crippen LogP contribution is -2.30. The van der Waals surface area contributed by atoms with E-state index in [0.29, 0.717) is 17.8 Å². The number of amides is 1. The first-order valence-electron chi connectivity index (χ1n) is 12.4. The Kier molecular flexibility index (Phi) is 6.95. The van der Waals surface area contributed by atoms with Gasteiger partial charge in [-0.3, -0.25) is 14.9 Å². The molecule has 4 aromatic rings. The Hall–Kier alpha value is -3.75. The largest absolute Gasteiger partial charge is 0.361 e. The van der Waals surface area contributed by atoms with Gasteiger partial charge in [0.1, 0.15) is 11.6 Å². The number of carbonyl (C=O) groups excluding carboxylic acids is 1. The molecule has 4 N–H and O–H groups in total. The van der Waals surface area contributed by atoms with Crippen LogP contribution in [0.5, 0.6) is 0 Å². The van der Waals surface area contributed by atoms with Crippen LogP contribution in [-0.2, 0) is 24.2 Å². The maximum Gasteiger partial charge on any atom is 0.267 e. The number of hydroxylamine groups is 1. The molecule has 0 saturated heterocycles. The van der Waals surface area contributed by atoms with E-state index in [0.717, 1.165) is 53.5 Å². The molecule has 2 heterocycles. The molecule has 1 aliphatic rings. The fourth-order valence-corrected chi connectivity index (χ4v) is 5.43. The molecular weight excluding hydrogens is 474 g/mol. The summed E-state index contributed by atoms with van der Waals surface area (Å²) in [5.41, 5.74) is 8.89. The first-order chi connectivity index (χ1) is 17.8. The molecule has 0 bridgehead atoms. The van der Waals surface area contributed by atoms with Gasteiger partial charge < -0.3 is 9.97 Å². The van der Waals surface area contributed by atoms with Crippen LogP contribution in [0.4, 0.5) is 8.78 Å². The number of H-pyrrole nitrogens is 2. The summed E-state index contributed by atoms with van der Waals surface area (Å²) in [6.45, 7) is 4.88. The summed E-state index contributed by atoms with van der Waals surface area (Å²) in [5, 5.41) is 9.72. The molecule has 1 unspecified atom stereocenters. The zero-order valence-corrected chi connectivity index (χ0v) is 20.9. The minimum absolute atomic E-state index is 0.155. The summed E-state index contributed by atoms with van der Waals surface area (Å²) in [6.07, 6.45) is 7.49. The fourth-order valence-electron chi connectivity index (χ4n) is 5.43. The van der Waals surface area contributed by atoms with Gasteiger partial charge in [-0.15, -0.1) is 0 Å². The van der Waals surface area contributed by atoms with Gasteiger partial charge in [-0.25, -0.2) is 14.3 Å². The van der Waals surface area contributed by atoms with Gasteiger partial charge in [-0.2, -0.15) is 0 Å². The Bertz CT molecular complexity index is 1490. The zero-order chi connectivity index (χ0) is 26.1. The molecule has 8 heteroatoms. The molecule has 0 spiro atoms. The normalized spacial score (nSPS) is 15.2. The van der Waals surface area contributed by atoms with Crippen molar-refractivity contribution in [2.45, 2.75) is 45.7 Å². The van der Waals surface area contributed by atoms with Crippen molar-refractivity contribution in [1.29, 1.82) is 0 Å². The lowest BCUT2D eigenvalue weighted by molar-refractivity contribution is -0.124. The Morgan fingerprint density at radius 3 is 2.81 bits per heavy atom. The number of halogens is 2. The Labute approximate surface area is 214 Å². The van der Waals surface area contributed by atoms with Crippen molar-refractivity contribution >= 4 is 22.9 Å². The van der Waals surface area contributed by atoms with Crippen LogP contribution in [0.1, 0.15) is 51.7 Å². The van der Waals surface area contributed by atoms with E-state index in [4.69, 9.17) is 5.21 Å². The second-order valence-corrected chi connectivity index (χ2v) is 9.71. The summed E-state index contributed by atoms with van der Waals surface area (Å²) in [5.74, 6) is -1.03. The number of nitrogens with one attached hydrogen (secondary N) is 3. The number of aromatic amines is 2. The molecule has 0 radical (unpaired) electrons. The molecule has 37 heavy (non-hydrogen) atoms.